The molecule has 0 unspecified atom stereocenters. The van der Waals surface area contributed by atoms with Crippen LogP contribution in [0.4, 0.5) is 4.79 Å². The number of benzene rings is 1. The van der Waals surface area contributed by atoms with Gasteiger partial charge in [-0.05, 0) is 53.9 Å². The van der Waals surface area contributed by atoms with Gasteiger partial charge in [0.15, 0.2) is 5.76 Å². The van der Waals surface area contributed by atoms with Crippen molar-refractivity contribution in [1.82, 2.24) is 10.2 Å². The highest BCUT2D eigenvalue weighted by Crippen LogP contribution is 2.32. The number of carbonyl (C=O) groups is 3. The first kappa shape index (κ1) is 18.3. The lowest BCUT2D eigenvalue weighted by molar-refractivity contribution is -0.122. The molecule has 3 amide bonds. The molecule has 0 bridgehead atoms. The number of amides is 3. The number of hydrogen-bond acceptors (Lipinski definition) is 6. The van der Waals surface area contributed by atoms with E-state index in [0.717, 1.165) is 27.1 Å². The third-order valence-corrected chi connectivity index (χ3v) is 5.30. The maximum Gasteiger partial charge on any atom is 0.293 e. The quantitative estimate of drug-likeness (QED) is 0.603. The SMILES string of the molecule is CSc1ccc(C=C2SC(=O)N(CCNC(=O)c3ccco3)C2=O)cc1. The molecular weight excluding hydrogens is 372 g/mol. The van der Waals surface area contributed by atoms with Gasteiger partial charge in [-0.15, -0.1) is 11.8 Å². The third kappa shape index (κ3) is 4.20. The number of imide groups is 1. The lowest BCUT2D eigenvalue weighted by Gasteiger charge is -2.12. The van der Waals surface area contributed by atoms with E-state index in [4.69, 9.17) is 4.42 Å². The zero-order chi connectivity index (χ0) is 18.5. The smallest absolute Gasteiger partial charge is 0.293 e. The van der Waals surface area contributed by atoms with Crippen molar-refractivity contribution in [2.45, 2.75) is 4.90 Å². The summed E-state index contributed by atoms with van der Waals surface area (Å²) in [4.78, 5) is 38.9. The standard InChI is InChI=1S/C18H16N2O4S2/c1-25-13-6-4-12(5-7-13)11-15-17(22)20(18(23)26-15)9-8-19-16(21)14-3-2-10-24-14/h2-7,10-11H,8-9H2,1H3,(H,19,21). The van der Waals surface area contributed by atoms with Crippen LogP contribution in [0.2, 0.25) is 0 Å². The van der Waals surface area contributed by atoms with Gasteiger partial charge in [0.1, 0.15) is 0 Å². The van der Waals surface area contributed by atoms with Crippen molar-refractivity contribution in [3.8, 4) is 0 Å². The number of hydrogen-bond donors (Lipinski definition) is 1. The van der Waals surface area contributed by atoms with Crippen molar-refractivity contribution in [3.05, 3.63) is 58.9 Å². The van der Waals surface area contributed by atoms with Crippen molar-refractivity contribution < 1.29 is 18.8 Å². The molecule has 0 spiro atoms. The van der Waals surface area contributed by atoms with Gasteiger partial charge in [-0.1, -0.05) is 12.1 Å². The van der Waals surface area contributed by atoms with Gasteiger partial charge in [-0.2, -0.15) is 0 Å². The van der Waals surface area contributed by atoms with Crippen molar-refractivity contribution in [1.29, 1.82) is 0 Å². The highest BCUT2D eigenvalue weighted by Gasteiger charge is 2.34. The van der Waals surface area contributed by atoms with Crippen LogP contribution in [-0.4, -0.2) is 41.3 Å². The van der Waals surface area contributed by atoms with Crippen LogP contribution in [0.3, 0.4) is 0 Å². The van der Waals surface area contributed by atoms with E-state index in [-0.39, 0.29) is 35.9 Å². The first-order chi connectivity index (χ1) is 12.6. The Hall–Kier alpha value is -2.45. The molecule has 1 aliphatic rings. The van der Waals surface area contributed by atoms with Crippen molar-refractivity contribution in [2.75, 3.05) is 19.3 Å². The summed E-state index contributed by atoms with van der Waals surface area (Å²) in [6.45, 7) is 0.271. The summed E-state index contributed by atoms with van der Waals surface area (Å²) >= 11 is 2.54. The number of furan rings is 1. The van der Waals surface area contributed by atoms with Crippen LogP contribution in [-0.2, 0) is 4.79 Å². The molecule has 1 N–H and O–H groups in total. The van der Waals surface area contributed by atoms with Gasteiger partial charge in [0.2, 0.25) is 0 Å². The maximum atomic E-state index is 12.4. The molecule has 2 heterocycles. The minimum absolute atomic E-state index is 0.111. The van der Waals surface area contributed by atoms with E-state index in [9.17, 15) is 14.4 Å². The zero-order valence-corrected chi connectivity index (χ0v) is 15.6. The Kier molecular flexibility index (Phi) is 5.85. The summed E-state index contributed by atoms with van der Waals surface area (Å²) in [5.74, 6) is -0.541. The van der Waals surface area contributed by atoms with Crippen LogP contribution >= 0.6 is 23.5 Å². The van der Waals surface area contributed by atoms with Gasteiger partial charge in [0, 0.05) is 18.0 Å². The fourth-order valence-electron chi connectivity index (χ4n) is 2.32. The molecule has 1 saturated heterocycles. The maximum absolute atomic E-state index is 12.4. The lowest BCUT2D eigenvalue weighted by Crippen LogP contribution is -2.37. The Morgan fingerprint density at radius 1 is 1.27 bits per heavy atom. The van der Waals surface area contributed by atoms with Gasteiger partial charge >= 0.3 is 0 Å². The lowest BCUT2D eigenvalue weighted by atomic mass is 10.2. The van der Waals surface area contributed by atoms with Gasteiger partial charge in [-0.25, -0.2) is 0 Å². The van der Waals surface area contributed by atoms with Crippen LogP contribution in [0.25, 0.3) is 6.08 Å². The van der Waals surface area contributed by atoms with Crippen LogP contribution in [0.5, 0.6) is 0 Å². The van der Waals surface area contributed by atoms with E-state index in [1.165, 1.54) is 6.26 Å². The highest BCUT2D eigenvalue weighted by atomic mass is 32.2. The van der Waals surface area contributed by atoms with Gasteiger partial charge in [0.05, 0.1) is 11.2 Å². The minimum Gasteiger partial charge on any atom is -0.459 e. The molecule has 1 aliphatic heterocycles. The molecule has 1 fully saturated rings. The molecule has 1 aromatic heterocycles. The molecule has 134 valence electrons. The third-order valence-electron chi connectivity index (χ3n) is 3.65. The molecule has 2 aromatic rings. The highest BCUT2D eigenvalue weighted by molar-refractivity contribution is 8.18. The summed E-state index contributed by atoms with van der Waals surface area (Å²) in [7, 11) is 0. The number of nitrogens with one attached hydrogen (secondary N) is 1. The van der Waals surface area contributed by atoms with Gasteiger partial charge < -0.3 is 9.73 Å². The molecule has 1 aromatic carbocycles. The molecule has 0 aliphatic carbocycles. The Morgan fingerprint density at radius 3 is 2.69 bits per heavy atom. The summed E-state index contributed by atoms with van der Waals surface area (Å²) in [5, 5.41) is 2.28. The van der Waals surface area contributed by atoms with Crippen LogP contribution < -0.4 is 5.32 Å². The second kappa shape index (κ2) is 8.29. The first-order valence-electron chi connectivity index (χ1n) is 7.79. The van der Waals surface area contributed by atoms with Crippen molar-refractivity contribution in [2.24, 2.45) is 0 Å². The zero-order valence-electron chi connectivity index (χ0n) is 13.9. The van der Waals surface area contributed by atoms with Crippen molar-refractivity contribution >= 4 is 46.7 Å². The largest absolute Gasteiger partial charge is 0.459 e. The normalized spacial score (nSPS) is 15.7. The molecule has 0 atom stereocenters. The summed E-state index contributed by atoms with van der Waals surface area (Å²) in [5.41, 5.74) is 0.861. The Balaban J connectivity index is 1.59. The molecular formula is C18H16N2O4S2. The fourth-order valence-corrected chi connectivity index (χ4v) is 3.59. The number of rotatable bonds is 6. The minimum atomic E-state index is -0.383. The number of thioether (sulfide) groups is 2. The van der Waals surface area contributed by atoms with E-state index in [0.29, 0.717) is 4.91 Å². The Morgan fingerprint density at radius 2 is 2.04 bits per heavy atom. The van der Waals surface area contributed by atoms with E-state index in [1.807, 2.05) is 30.5 Å². The van der Waals surface area contributed by atoms with Crippen LogP contribution in [0, 0.1) is 0 Å². The van der Waals surface area contributed by atoms with Gasteiger partial charge in [-0.3, -0.25) is 19.3 Å². The second-order valence-electron chi connectivity index (χ2n) is 5.34. The van der Waals surface area contributed by atoms with Gasteiger partial charge in [0.25, 0.3) is 17.1 Å². The number of carbonyl (C=O) groups excluding carboxylic acids is 3. The monoisotopic (exact) mass is 388 g/mol. The van der Waals surface area contributed by atoms with E-state index >= 15 is 0 Å². The summed E-state index contributed by atoms with van der Waals surface area (Å²) < 4.78 is 4.99. The second-order valence-corrected chi connectivity index (χ2v) is 7.21. The Labute approximate surface area is 159 Å². The van der Waals surface area contributed by atoms with E-state index in [2.05, 4.69) is 5.32 Å². The molecule has 8 heteroatoms. The van der Waals surface area contributed by atoms with E-state index < -0.39 is 0 Å². The van der Waals surface area contributed by atoms with E-state index in [1.54, 1.807) is 30.0 Å². The molecule has 3 rings (SSSR count). The number of nitrogens with zero attached hydrogens (tertiary/aromatic N) is 1. The van der Waals surface area contributed by atoms with Crippen molar-refractivity contribution in [3.63, 3.8) is 0 Å². The summed E-state index contributed by atoms with van der Waals surface area (Å²) in [6.07, 6.45) is 5.10. The average molecular weight is 388 g/mol. The van der Waals surface area contributed by atoms with Crippen LogP contribution in [0.15, 0.2) is 56.9 Å². The average Bonchev–Trinajstić information content (AvgIpc) is 3.27. The molecule has 0 saturated carbocycles. The van der Waals surface area contributed by atoms with Crippen LogP contribution in [0.1, 0.15) is 16.1 Å². The topological polar surface area (TPSA) is 79.6 Å². The molecule has 6 nitrogen and oxygen atoms in total. The summed E-state index contributed by atoms with van der Waals surface area (Å²) in [6, 6.07) is 10.9. The first-order valence-corrected chi connectivity index (χ1v) is 9.84. The molecule has 0 radical (unpaired) electrons. The molecule has 26 heavy (non-hydrogen) atoms. The predicted octanol–water partition coefficient (Wildman–Crippen LogP) is 3.47. The predicted molar refractivity (Wildman–Crippen MR) is 102 cm³/mol. The Bertz CT molecular complexity index is 845. The fraction of sp³-hybridized carbons (Fsp3) is 0.167.